The van der Waals surface area contributed by atoms with Crippen molar-refractivity contribution in [2.45, 2.75) is 71.7 Å². The fourth-order valence-electron chi connectivity index (χ4n) is 6.05. The lowest BCUT2D eigenvalue weighted by Crippen LogP contribution is -2.55. The van der Waals surface area contributed by atoms with E-state index in [1.165, 1.54) is 17.2 Å². The second-order valence-corrected chi connectivity index (χ2v) is 13.7. The molecule has 44 heavy (non-hydrogen) atoms. The number of amides is 1. The highest BCUT2D eigenvalue weighted by Crippen LogP contribution is 2.53. The van der Waals surface area contributed by atoms with Gasteiger partial charge in [-0.3, -0.25) is 4.90 Å². The summed E-state index contributed by atoms with van der Waals surface area (Å²) in [4.78, 5) is 18.7. The third-order valence-corrected chi connectivity index (χ3v) is 9.13. The van der Waals surface area contributed by atoms with Gasteiger partial charge in [0, 0.05) is 6.20 Å². The van der Waals surface area contributed by atoms with Gasteiger partial charge >= 0.3 is 12.3 Å². The molecule has 0 radical (unpaired) electrons. The molecule has 10 heteroatoms. The zero-order valence-corrected chi connectivity index (χ0v) is 26.2. The maximum Gasteiger partial charge on any atom is 0.419 e. The molecule has 6 nitrogen and oxygen atoms in total. The van der Waals surface area contributed by atoms with Crippen LogP contribution in [-0.4, -0.2) is 32.9 Å². The summed E-state index contributed by atoms with van der Waals surface area (Å²) in [6, 6.07) is 21.2. The van der Waals surface area contributed by atoms with Crippen LogP contribution in [0.5, 0.6) is 5.75 Å². The molecule has 0 bridgehead atoms. The second kappa shape index (κ2) is 11.2. The van der Waals surface area contributed by atoms with E-state index in [0.29, 0.717) is 15.4 Å². The van der Waals surface area contributed by atoms with Crippen LogP contribution in [0.3, 0.4) is 0 Å². The Morgan fingerprint density at radius 2 is 1.59 bits per heavy atom. The number of carboxylic acid groups (broad SMARTS) is 1. The van der Waals surface area contributed by atoms with Gasteiger partial charge in [-0.2, -0.15) is 13.2 Å². The quantitative estimate of drug-likeness (QED) is 0.231. The van der Waals surface area contributed by atoms with E-state index in [0.717, 1.165) is 34.1 Å². The van der Waals surface area contributed by atoms with Gasteiger partial charge in [0.1, 0.15) is 28.6 Å². The molecule has 1 aliphatic heterocycles. The van der Waals surface area contributed by atoms with Crippen molar-refractivity contribution in [3.63, 3.8) is 0 Å². The van der Waals surface area contributed by atoms with Gasteiger partial charge in [-0.15, -0.1) is 11.3 Å². The smallest absolute Gasteiger partial charge is 0.419 e. The minimum absolute atomic E-state index is 0.0322. The van der Waals surface area contributed by atoms with Gasteiger partial charge in [0.05, 0.1) is 16.5 Å². The predicted octanol–water partition coefficient (Wildman–Crippen LogP) is 9.45. The molecule has 232 valence electrons. The van der Waals surface area contributed by atoms with E-state index in [1.54, 1.807) is 26.8 Å². The molecule has 0 spiro atoms. The summed E-state index contributed by atoms with van der Waals surface area (Å²) >= 11 is 1.15. The maximum absolute atomic E-state index is 14.2. The molecule has 1 aromatic heterocycles. The fraction of sp³-hybridized carbons (Fsp3) is 0.353. The first-order valence-corrected chi connectivity index (χ1v) is 15.0. The van der Waals surface area contributed by atoms with E-state index in [2.05, 4.69) is 4.98 Å². The van der Waals surface area contributed by atoms with Crippen LogP contribution in [0.4, 0.5) is 18.0 Å². The summed E-state index contributed by atoms with van der Waals surface area (Å²) in [5.74, 6) is -0.277. The van der Waals surface area contributed by atoms with Crippen LogP contribution >= 0.6 is 11.3 Å². The predicted molar refractivity (Wildman–Crippen MR) is 164 cm³/mol. The molecule has 3 aromatic carbocycles. The number of benzene rings is 3. The fourth-order valence-corrected chi connectivity index (χ4v) is 7.12. The Balaban J connectivity index is 1.43. The van der Waals surface area contributed by atoms with Crippen LogP contribution in [0, 0.1) is 5.41 Å². The van der Waals surface area contributed by atoms with Crippen LogP contribution in [0.15, 0.2) is 79.0 Å². The number of alkyl halides is 3. The van der Waals surface area contributed by atoms with Gasteiger partial charge in [-0.05, 0) is 66.6 Å². The standard InChI is InChI=1S/C34H35F3N2O4S/c1-31(2,3)28-33(6,39(30(40)41)32(4,5)43-28)29-38-19-27(44-29)24-16-17-26(25(18-24)34(35,36)37)42-20-21-12-14-23(15-13-21)22-10-8-7-9-11-22/h7-19,28H,20H2,1-6H3,(H,40,41)/t28?,33-/m1/s1. The van der Waals surface area contributed by atoms with Gasteiger partial charge in [0.2, 0.25) is 0 Å². The Labute approximate surface area is 259 Å². The average molecular weight is 625 g/mol. The minimum Gasteiger partial charge on any atom is -0.488 e. The Morgan fingerprint density at radius 1 is 0.977 bits per heavy atom. The van der Waals surface area contributed by atoms with Crippen molar-refractivity contribution in [2.24, 2.45) is 5.41 Å². The first-order valence-electron chi connectivity index (χ1n) is 14.2. The number of hydrogen-bond donors (Lipinski definition) is 1. The lowest BCUT2D eigenvalue weighted by molar-refractivity contribution is -0.139. The van der Waals surface area contributed by atoms with Gasteiger partial charge in [-0.25, -0.2) is 9.78 Å². The van der Waals surface area contributed by atoms with E-state index in [4.69, 9.17) is 9.47 Å². The van der Waals surface area contributed by atoms with Crippen LogP contribution < -0.4 is 4.74 Å². The second-order valence-electron chi connectivity index (χ2n) is 12.7. The van der Waals surface area contributed by atoms with Crippen molar-refractivity contribution in [3.05, 3.63) is 95.1 Å². The Hall–Kier alpha value is -3.89. The molecule has 0 aliphatic carbocycles. The molecule has 1 amide bonds. The lowest BCUT2D eigenvalue weighted by Gasteiger charge is -2.40. The van der Waals surface area contributed by atoms with Gasteiger partial charge in [-0.1, -0.05) is 75.4 Å². The Kier molecular flexibility index (Phi) is 8.05. The Bertz CT molecular complexity index is 1650. The number of ether oxygens (including phenoxy) is 2. The minimum atomic E-state index is -4.66. The van der Waals surface area contributed by atoms with Gasteiger partial charge in [0.15, 0.2) is 0 Å². The van der Waals surface area contributed by atoms with E-state index in [1.807, 2.05) is 75.4 Å². The molecule has 2 atom stereocenters. The van der Waals surface area contributed by atoms with Gasteiger partial charge < -0.3 is 14.6 Å². The number of halogens is 3. The number of nitrogens with zero attached hydrogens (tertiary/aromatic N) is 2. The van der Waals surface area contributed by atoms with E-state index < -0.39 is 40.6 Å². The highest BCUT2D eigenvalue weighted by atomic mass is 32.1. The monoisotopic (exact) mass is 624 g/mol. The number of aromatic nitrogens is 1. The maximum atomic E-state index is 14.2. The first-order chi connectivity index (χ1) is 20.5. The van der Waals surface area contributed by atoms with E-state index in [9.17, 15) is 23.1 Å². The van der Waals surface area contributed by atoms with Crippen molar-refractivity contribution in [1.29, 1.82) is 0 Å². The van der Waals surface area contributed by atoms with Crippen molar-refractivity contribution >= 4 is 17.4 Å². The largest absolute Gasteiger partial charge is 0.488 e. The van der Waals surface area contributed by atoms with Crippen molar-refractivity contribution in [1.82, 2.24) is 9.88 Å². The number of carbonyl (C=O) groups is 1. The normalized spacial score (nSPS) is 20.1. The first kappa shape index (κ1) is 31.5. The van der Waals surface area contributed by atoms with Crippen molar-refractivity contribution in [2.75, 3.05) is 0 Å². The molecular formula is C34H35F3N2O4S. The molecule has 1 unspecified atom stereocenters. The summed E-state index contributed by atoms with van der Waals surface area (Å²) in [5.41, 5.74) is -0.604. The molecule has 1 aliphatic rings. The SMILES string of the molecule is CC(C)(C)C1OC(C)(C)N(C(=O)O)[C@@]1(C)c1ncc(-c2ccc(OCc3ccc(-c4ccccc4)cc3)c(C(F)(F)F)c2)s1. The summed E-state index contributed by atoms with van der Waals surface area (Å²) < 4.78 is 54.7. The van der Waals surface area contributed by atoms with Crippen LogP contribution in [0.25, 0.3) is 21.6 Å². The zero-order chi connectivity index (χ0) is 32.1. The van der Waals surface area contributed by atoms with Crippen molar-refractivity contribution < 1.29 is 32.5 Å². The van der Waals surface area contributed by atoms with E-state index >= 15 is 0 Å². The molecule has 0 saturated carbocycles. The molecule has 1 N–H and O–H groups in total. The highest BCUT2D eigenvalue weighted by Gasteiger charge is 2.63. The average Bonchev–Trinajstić information content (AvgIpc) is 3.53. The lowest BCUT2D eigenvalue weighted by atomic mass is 9.77. The highest BCUT2D eigenvalue weighted by molar-refractivity contribution is 7.15. The summed E-state index contributed by atoms with van der Waals surface area (Å²) in [5, 5.41) is 10.6. The molecule has 5 rings (SSSR count). The summed E-state index contributed by atoms with van der Waals surface area (Å²) in [6.07, 6.45) is -4.91. The molecule has 1 saturated heterocycles. The summed E-state index contributed by atoms with van der Waals surface area (Å²) in [6.45, 7) is 11.0. The van der Waals surface area contributed by atoms with Crippen LogP contribution in [-0.2, 0) is 23.1 Å². The molecule has 1 fully saturated rings. The number of thiazole rings is 1. The van der Waals surface area contributed by atoms with E-state index in [-0.39, 0.29) is 12.4 Å². The van der Waals surface area contributed by atoms with Crippen molar-refractivity contribution in [3.8, 4) is 27.3 Å². The van der Waals surface area contributed by atoms with Crippen LogP contribution in [0.1, 0.15) is 57.7 Å². The zero-order valence-electron chi connectivity index (χ0n) is 25.4. The number of rotatable bonds is 6. The third-order valence-electron chi connectivity index (χ3n) is 7.86. The molecule has 2 heterocycles. The number of hydrogen-bond acceptors (Lipinski definition) is 5. The van der Waals surface area contributed by atoms with Gasteiger partial charge in [0.25, 0.3) is 0 Å². The third kappa shape index (κ3) is 5.93. The topological polar surface area (TPSA) is 71.9 Å². The molecule has 4 aromatic rings. The van der Waals surface area contributed by atoms with Crippen LogP contribution in [0.2, 0.25) is 0 Å². The Morgan fingerprint density at radius 3 is 2.18 bits per heavy atom. The summed E-state index contributed by atoms with van der Waals surface area (Å²) in [7, 11) is 0. The molecular weight excluding hydrogens is 589 g/mol.